The van der Waals surface area contributed by atoms with Gasteiger partial charge in [0.25, 0.3) is 5.91 Å². The Hall–Kier alpha value is -3.78. The van der Waals surface area contributed by atoms with Crippen LogP contribution in [0.25, 0.3) is 22.1 Å². The minimum atomic E-state index is -4.93. The third kappa shape index (κ3) is 5.33. The minimum Gasteiger partial charge on any atom is -0.484 e. The number of hydrogen-bond acceptors (Lipinski definition) is 4. The zero-order chi connectivity index (χ0) is 25.3. The SMILES string of the molecule is Cc1ccc(C)c(NC(=O)COc2ccc3c(=O)c(-c4ccc(Cl)cc4)c(C(F)(F)F)oc3c2)c1. The normalized spacial score (nSPS) is 11.5. The number of carbonyl (C=O) groups is 1. The van der Waals surface area contributed by atoms with Crippen molar-refractivity contribution in [3.8, 4) is 16.9 Å². The average molecular weight is 502 g/mol. The zero-order valence-electron chi connectivity index (χ0n) is 18.6. The molecule has 0 spiro atoms. The maximum absolute atomic E-state index is 13.8. The number of fused-ring (bicyclic) bond motifs is 1. The molecule has 3 aromatic carbocycles. The van der Waals surface area contributed by atoms with Crippen molar-refractivity contribution in [3.05, 3.63) is 92.8 Å². The van der Waals surface area contributed by atoms with Gasteiger partial charge in [0.05, 0.1) is 10.9 Å². The standard InChI is InChI=1S/C26H19ClF3NO4/c1-14-3-4-15(2)20(11-14)31-22(32)13-34-18-9-10-19-21(12-18)35-25(26(28,29)30)23(24(19)33)16-5-7-17(27)8-6-16/h3-12H,13H2,1-2H3,(H,31,32). The van der Waals surface area contributed by atoms with Gasteiger partial charge in [-0.05, 0) is 60.9 Å². The van der Waals surface area contributed by atoms with Crippen LogP contribution in [0.2, 0.25) is 5.02 Å². The van der Waals surface area contributed by atoms with Crippen LogP contribution in [0.15, 0.2) is 69.9 Å². The third-order valence-electron chi connectivity index (χ3n) is 5.29. The number of rotatable bonds is 5. The van der Waals surface area contributed by atoms with Gasteiger partial charge in [-0.2, -0.15) is 13.2 Å². The van der Waals surface area contributed by atoms with E-state index in [1.807, 2.05) is 32.0 Å². The molecule has 4 rings (SSSR count). The zero-order valence-corrected chi connectivity index (χ0v) is 19.4. The first-order chi connectivity index (χ1) is 16.5. The number of alkyl halides is 3. The number of aryl methyl sites for hydroxylation is 2. The fourth-order valence-corrected chi connectivity index (χ4v) is 3.67. The molecule has 0 aliphatic carbocycles. The lowest BCUT2D eigenvalue weighted by Gasteiger charge is -2.14. The highest BCUT2D eigenvalue weighted by atomic mass is 35.5. The van der Waals surface area contributed by atoms with E-state index < -0.39 is 35.4 Å². The van der Waals surface area contributed by atoms with Crippen LogP contribution in [-0.2, 0) is 11.0 Å². The molecule has 0 saturated carbocycles. The van der Waals surface area contributed by atoms with Gasteiger partial charge in [0.2, 0.25) is 11.2 Å². The number of carbonyl (C=O) groups excluding carboxylic acids is 1. The lowest BCUT2D eigenvalue weighted by molar-refractivity contribution is -0.152. The summed E-state index contributed by atoms with van der Waals surface area (Å²) in [6, 6.07) is 14.9. The smallest absolute Gasteiger partial charge is 0.450 e. The Morgan fingerprint density at radius 1 is 1.03 bits per heavy atom. The maximum atomic E-state index is 13.8. The van der Waals surface area contributed by atoms with Crippen molar-refractivity contribution in [1.29, 1.82) is 0 Å². The summed E-state index contributed by atoms with van der Waals surface area (Å²) < 4.78 is 52.0. The Balaban J connectivity index is 1.64. The molecular formula is C26H19ClF3NO4. The van der Waals surface area contributed by atoms with Gasteiger partial charge in [0.15, 0.2) is 6.61 Å². The Morgan fingerprint density at radius 2 is 1.74 bits per heavy atom. The molecule has 0 aliphatic rings. The van der Waals surface area contributed by atoms with Crippen molar-refractivity contribution in [2.45, 2.75) is 20.0 Å². The van der Waals surface area contributed by atoms with Gasteiger partial charge in [-0.1, -0.05) is 35.9 Å². The minimum absolute atomic E-state index is 0.0285. The lowest BCUT2D eigenvalue weighted by Crippen LogP contribution is -2.20. The Morgan fingerprint density at radius 3 is 2.43 bits per heavy atom. The van der Waals surface area contributed by atoms with E-state index in [0.29, 0.717) is 10.7 Å². The summed E-state index contributed by atoms with van der Waals surface area (Å²) in [5.41, 5.74) is 0.728. The molecule has 0 bridgehead atoms. The van der Waals surface area contributed by atoms with Gasteiger partial charge >= 0.3 is 6.18 Å². The average Bonchev–Trinajstić information content (AvgIpc) is 2.80. The summed E-state index contributed by atoms with van der Waals surface area (Å²) in [5, 5.41) is 2.99. The molecule has 35 heavy (non-hydrogen) atoms. The highest BCUT2D eigenvalue weighted by Crippen LogP contribution is 2.38. The van der Waals surface area contributed by atoms with Crippen LogP contribution in [0, 0.1) is 13.8 Å². The van der Waals surface area contributed by atoms with Gasteiger partial charge < -0.3 is 14.5 Å². The van der Waals surface area contributed by atoms with Crippen LogP contribution in [0.5, 0.6) is 5.75 Å². The molecule has 0 radical (unpaired) electrons. The predicted molar refractivity (Wildman–Crippen MR) is 128 cm³/mol. The fourth-order valence-electron chi connectivity index (χ4n) is 3.55. The van der Waals surface area contributed by atoms with Gasteiger partial charge in [0, 0.05) is 16.8 Å². The van der Waals surface area contributed by atoms with Crippen molar-refractivity contribution in [1.82, 2.24) is 0 Å². The first-order valence-corrected chi connectivity index (χ1v) is 10.8. The molecule has 0 aliphatic heterocycles. The van der Waals surface area contributed by atoms with Crippen molar-refractivity contribution in [2.24, 2.45) is 0 Å². The highest BCUT2D eigenvalue weighted by molar-refractivity contribution is 6.30. The summed E-state index contributed by atoms with van der Waals surface area (Å²) in [4.78, 5) is 25.3. The summed E-state index contributed by atoms with van der Waals surface area (Å²) in [7, 11) is 0. The molecule has 9 heteroatoms. The molecule has 1 N–H and O–H groups in total. The van der Waals surface area contributed by atoms with Gasteiger partial charge in [-0.3, -0.25) is 9.59 Å². The van der Waals surface area contributed by atoms with E-state index in [2.05, 4.69) is 5.32 Å². The van der Waals surface area contributed by atoms with Crippen molar-refractivity contribution >= 4 is 34.2 Å². The van der Waals surface area contributed by atoms with Crippen molar-refractivity contribution in [2.75, 3.05) is 11.9 Å². The number of ether oxygens (including phenoxy) is 1. The number of halogens is 4. The van der Waals surface area contributed by atoms with Gasteiger partial charge in [-0.15, -0.1) is 0 Å². The highest BCUT2D eigenvalue weighted by Gasteiger charge is 2.39. The summed E-state index contributed by atoms with van der Waals surface area (Å²) in [6.07, 6.45) is -4.93. The molecule has 0 saturated heterocycles. The van der Waals surface area contributed by atoms with E-state index in [4.69, 9.17) is 20.8 Å². The molecule has 5 nitrogen and oxygen atoms in total. The van der Waals surface area contributed by atoms with Gasteiger partial charge in [0.1, 0.15) is 11.3 Å². The predicted octanol–water partition coefficient (Wildman–Crippen LogP) is 6.77. The monoisotopic (exact) mass is 501 g/mol. The summed E-state index contributed by atoms with van der Waals surface area (Å²) in [6.45, 7) is 3.35. The molecular weight excluding hydrogens is 483 g/mol. The Bertz CT molecular complexity index is 1480. The quantitative estimate of drug-likeness (QED) is 0.328. The second-order valence-electron chi connectivity index (χ2n) is 7.95. The third-order valence-corrected chi connectivity index (χ3v) is 5.54. The molecule has 1 amide bonds. The lowest BCUT2D eigenvalue weighted by atomic mass is 10.0. The maximum Gasteiger partial charge on any atom is 0.450 e. The molecule has 0 fully saturated rings. The number of amides is 1. The molecule has 0 atom stereocenters. The van der Waals surface area contributed by atoms with Crippen LogP contribution < -0.4 is 15.5 Å². The molecule has 0 unspecified atom stereocenters. The van der Waals surface area contributed by atoms with E-state index in [-0.39, 0.29) is 22.3 Å². The summed E-state index contributed by atoms with van der Waals surface area (Å²) in [5.74, 6) is -1.81. The summed E-state index contributed by atoms with van der Waals surface area (Å²) >= 11 is 5.83. The number of hydrogen-bond donors (Lipinski definition) is 1. The van der Waals surface area contributed by atoms with E-state index in [1.165, 1.54) is 36.4 Å². The molecule has 1 aromatic heterocycles. The van der Waals surface area contributed by atoms with Crippen LogP contribution in [0.1, 0.15) is 16.9 Å². The number of nitrogens with one attached hydrogen (secondary N) is 1. The molecule has 1 heterocycles. The van der Waals surface area contributed by atoms with Crippen molar-refractivity contribution in [3.63, 3.8) is 0 Å². The topological polar surface area (TPSA) is 68.5 Å². The van der Waals surface area contributed by atoms with E-state index >= 15 is 0 Å². The first-order valence-electron chi connectivity index (χ1n) is 10.5. The fraction of sp³-hybridized carbons (Fsp3) is 0.154. The Kier molecular flexibility index (Phi) is 6.58. The number of anilines is 1. The van der Waals surface area contributed by atoms with E-state index in [1.54, 1.807) is 0 Å². The van der Waals surface area contributed by atoms with E-state index in [0.717, 1.165) is 17.2 Å². The van der Waals surface area contributed by atoms with Crippen molar-refractivity contribution < 1.29 is 27.1 Å². The van der Waals surface area contributed by atoms with Crippen LogP contribution in [0.3, 0.4) is 0 Å². The second kappa shape index (κ2) is 9.46. The van der Waals surface area contributed by atoms with Crippen LogP contribution in [0.4, 0.5) is 18.9 Å². The Labute approximate surface area is 203 Å². The second-order valence-corrected chi connectivity index (χ2v) is 8.39. The number of benzene rings is 3. The van der Waals surface area contributed by atoms with Crippen LogP contribution in [-0.4, -0.2) is 12.5 Å². The largest absolute Gasteiger partial charge is 0.484 e. The molecule has 180 valence electrons. The first kappa shape index (κ1) is 24.3. The van der Waals surface area contributed by atoms with Gasteiger partial charge in [-0.25, -0.2) is 0 Å². The van der Waals surface area contributed by atoms with Crippen LogP contribution >= 0.6 is 11.6 Å². The van der Waals surface area contributed by atoms with E-state index in [9.17, 15) is 22.8 Å². The molecule has 4 aromatic rings.